The molecule has 6 nitrogen and oxygen atoms in total. The molecule has 7 heteroatoms. The second-order valence-corrected chi connectivity index (χ2v) is 11.9. The number of thiazole rings is 1. The Morgan fingerprint density at radius 2 is 1.84 bits per heavy atom. The maximum atomic E-state index is 11.5. The van der Waals surface area contributed by atoms with E-state index in [1.807, 2.05) is 12.1 Å². The molecular formula is C30H29N3O3S. The Hall–Kier alpha value is -3.05. The first-order valence-corrected chi connectivity index (χ1v) is 14.1. The van der Waals surface area contributed by atoms with Crippen molar-refractivity contribution >= 4 is 27.2 Å². The lowest BCUT2D eigenvalue weighted by Crippen LogP contribution is -2.34. The Morgan fingerprint density at radius 3 is 2.59 bits per heavy atom. The molecule has 3 aliphatic rings. The van der Waals surface area contributed by atoms with Crippen molar-refractivity contribution in [3.05, 3.63) is 75.8 Å². The van der Waals surface area contributed by atoms with Crippen LogP contribution in [0.2, 0.25) is 0 Å². The summed E-state index contributed by atoms with van der Waals surface area (Å²) in [7, 11) is 0. The van der Waals surface area contributed by atoms with Gasteiger partial charge in [0.25, 0.3) is 0 Å². The minimum Gasteiger partial charge on any atom is -0.383 e. The third kappa shape index (κ3) is 4.37. The molecule has 2 aromatic carbocycles. The van der Waals surface area contributed by atoms with Crippen molar-refractivity contribution in [2.24, 2.45) is 0 Å². The summed E-state index contributed by atoms with van der Waals surface area (Å²) in [6, 6.07) is 14.1. The molecule has 3 fully saturated rings. The van der Waals surface area contributed by atoms with Crippen molar-refractivity contribution in [2.45, 2.75) is 81.5 Å². The van der Waals surface area contributed by atoms with Crippen LogP contribution in [0.4, 0.5) is 5.69 Å². The highest BCUT2D eigenvalue weighted by Crippen LogP contribution is 2.48. The lowest BCUT2D eigenvalue weighted by atomic mass is 9.83. The first-order valence-electron chi connectivity index (χ1n) is 13.3. The van der Waals surface area contributed by atoms with Gasteiger partial charge in [0.1, 0.15) is 22.1 Å². The predicted molar refractivity (Wildman–Crippen MR) is 143 cm³/mol. The first-order chi connectivity index (χ1) is 18.1. The van der Waals surface area contributed by atoms with Crippen LogP contribution in [0.1, 0.15) is 85.1 Å². The quantitative estimate of drug-likeness (QED) is 0.259. The highest BCUT2D eigenvalue weighted by atomic mass is 32.1. The molecule has 0 radical (unpaired) electrons. The van der Waals surface area contributed by atoms with Gasteiger partial charge in [-0.3, -0.25) is 0 Å². The summed E-state index contributed by atoms with van der Waals surface area (Å²) in [5.74, 6) is 2.10. The lowest BCUT2D eigenvalue weighted by molar-refractivity contribution is -0.0640. The van der Waals surface area contributed by atoms with Gasteiger partial charge in [0.15, 0.2) is 5.69 Å². The second-order valence-electron chi connectivity index (χ2n) is 10.8. The maximum Gasteiger partial charge on any atom is 0.188 e. The van der Waals surface area contributed by atoms with Crippen LogP contribution < -0.4 is 0 Å². The minimum atomic E-state index is -0.938. The van der Waals surface area contributed by atoms with Gasteiger partial charge in [0, 0.05) is 21.7 Å². The fourth-order valence-electron chi connectivity index (χ4n) is 5.63. The number of nitrogens with zero attached hydrogens (tertiary/aromatic N) is 3. The van der Waals surface area contributed by atoms with E-state index in [9.17, 15) is 5.11 Å². The van der Waals surface area contributed by atoms with Gasteiger partial charge in [0.2, 0.25) is 0 Å². The molecule has 0 bridgehead atoms. The smallest absolute Gasteiger partial charge is 0.188 e. The fraction of sp³-hybridized carbons (Fsp3) is 0.433. The highest BCUT2D eigenvalue weighted by molar-refractivity contribution is 7.18. The van der Waals surface area contributed by atoms with E-state index < -0.39 is 5.60 Å². The normalized spacial score (nSPS) is 23.8. The van der Waals surface area contributed by atoms with E-state index in [-0.39, 0.29) is 6.10 Å². The Kier molecular flexibility index (Phi) is 5.65. The Morgan fingerprint density at radius 1 is 1.05 bits per heavy atom. The van der Waals surface area contributed by atoms with E-state index in [0.29, 0.717) is 37.0 Å². The third-order valence-corrected chi connectivity index (χ3v) is 9.33. The van der Waals surface area contributed by atoms with E-state index in [0.717, 1.165) is 57.9 Å². The molecule has 37 heavy (non-hydrogen) atoms. The van der Waals surface area contributed by atoms with E-state index in [4.69, 9.17) is 20.8 Å². The van der Waals surface area contributed by atoms with Crippen LogP contribution in [-0.4, -0.2) is 21.4 Å². The summed E-state index contributed by atoms with van der Waals surface area (Å²) in [4.78, 5) is 8.22. The van der Waals surface area contributed by atoms with Crippen LogP contribution in [0.3, 0.4) is 0 Å². The standard InChI is InChI=1S/C30H29N3O3S/c1-31-20-10-11-25-26(16-20)37-29(32-25)30(34)14-12-21(13-15-30)35-17-24-27(33-36-28(24)19-8-9-19)23-5-3-2-4-22(23)18-6-7-18/h2-5,10-11,16,18-19,21,34H,6-9,12-15,17H2. The molecule has 0 spiro atoms. The molecule has 3 aliphatic carbocycles. The SMILES string of the molecule is [C-]#[N+]c1ccc2nc(C3(O)CCC(OCc4c(-c5ccccc5C5CC5)noc4C4CC4)CC3)sc2c1. The monoisotopic (exact) mass is 511 g/mol. The Bertz CT molecular complexity index is 1500. The third-order valence-electron chi connectivity index (χ3n) is 8.12. The van der Waals surface area contributed by atoms with E-state index in [1.165, 1.54) is 35.3 Å². The van der Waals surface area contributed by atoms with Gasteiger partial charge in [-0.1, -0.05) is 35.5 Å². The van der Waals surface area contributed by atoms with Crippen LogP contribution >= 0.6 is 11.3 Å². The van der Waals surface area contributed by atoms with Crippen molar-refractivity contribution in [1.29, 1.82) is 0 Å². The molecule has 0 saturated heterocycles. The average Bonchev–Trinajstić information content (AvgIpc) is 3.87. The molecule has 4 aromatic rings. The number of aliphatic hydroxyl groups is 1. The second kappa shape index (κ2) is 9.05. The zero-order chi connectivity index (χ0) is 25.0. The van der Waals surface area contributed by atoms with Gasteiger partial charge < -0.3 is 14.4 Å². The minimum absolute atomic E-state index is 0.0804. The number of hydrogen-bond acceptors (Lipinski definition) is 6. The van der Waals surface area contributed by atoms with Crippen LogP contribution in [-0.2, 0) is 16.9 Å². The van der Waals surface area contributed by atoms with Gasteiger partial charge in [-0.05, 0) is 75.0 Å². The van der Waals surface area contributed by atoms with Crippen molar-refractivity contribution in [3.63, 3.8) is 0 Å². The molecule has 2 heterocycles. The zero-order valence-corrected chi connectivity index (χ0v) is 21.5. The molecule has 0 unspecified atom stereocenters. The van der Waals surface area contributed by atoms with Crippen molar-refractivity contribution in [2.75, 3.05) is 0 Å². The topological polar surface area (TPSA) is 72.7 Å². The Labute approximate surface area is 220 Å². The van der Waals surface area contributed by atoms with Crippen LogP contribution in [0, 0.1) is 6.57 Å². The molecule has 7 rings (SSSR count). The molecular weight excluding hydrogens is 482 g/mol. The molecule has 0 aliphatic heterocycles. The molecule has 2 aromatic heterocycles. The molecule has 1 N–H and O–H groups in total. The summed E-state index contributed by atoms with van der Waals surface area (Å²) in [6.07, 6.45) is 7.66. The maximum absolute atomic E-state index is 11.5. The molecule has 3 saturated carbocycles. The number of fused-ring (bicyclic) bond motifs is 1. The number of rotatable bonds is 7. The predicted octanol–water partition coefficient (Wildman–Crippen LogP) is 7.60. The average molecular weight is 512 g/mol. The van der Waals surface area contributed by atoms with Crippen molar-refractivity contribution in [1.82, 2.24) is 10.1 Å². The Balaban J connectivity index is 1.07. The van der Waals surface area contributed by atoms with Gasteiger partial charge in [-0.25, -0.2) is 9.83 Å². The van der Waals surface area contributed by atoms with Gasteiger partial charge in [-0.2, -0.15) is 0 Å². The summed E-state index contributed by atoms with van der Waals surface area (Å²) in [5.41, 5.74) is 5.13. The molecule has 0 amide bonds. The van der Waals surface area contributed by atoms with Crippen molar-refractivity contribution < 1.29 is 14.4 Å². The molecule has 0 atom stereocenters. The first kappa shape index (κ1) is 23.1. The fourth-order valence-corrected chi connectivity index (χ4v) is 6.78. The summed E-state index contributed by atoms with van der Waals surface area (Å²) < 4.78 is 13.3. The van der Waals surface area contributed by atoms with Crippen LogP contribution in [0.25, 0.3) is 26.3 Å². The number of hydrogen-bond donors (Lipinski definition) is 1. The van der Waals surface area contributed by atoms with Crippen molar-refractivity contribution in [3.8, 4) is 11.3 Å². The number of benzene rings is 2. The number of ether oxygens (including phenoxy) is 1. The van der Waals surface area contributed by atoms with E-state index in [2.05, 4.69) is 34.3 Å². The van der Waals surface area contributed by atoms with Crippen LogP contribution in [0.15, 0.2) is 47.0 Å². The zero-order valence-electron chi connectivity index (χ0n) is 20.7. The summed E-state index contributed by atoms with van der Waals surface area (Å²) in [6.45, 7) is 7.74. The van der Waals surface area contributed by atoms with E-state index in [1.54, 1.807) is 6.07 Å². The largest absolute Gasteiger partial charge is 0.383 e. The summed E-state index contributed by atoms with van der Waals surface area (Å²) in [5, 5.41) is 16.8. The number of aromatic nitrogens is 2. The van der Waals surface area contributed by atoms with E-state index >= 15 is 0 Å². The van der Waals surface area contributed by atoms with Crippen LogP contribution in [0.5, 0.6) is 0 Å². The summed E-state index contributed by atoms with van der Waals surface area (Å²) >= 11 is 1.50. The highest BCUT2D eigenvalue weighted by Gasteiger charge is 2.39. The lowest BCUT2D eigenvalue weighted by Gasteiger charge is -2.34. The van der Waals surface area contributed by atoms with Gasteiger partial charge in [-0.15, -0.1) is 11.3 Å². The van der Waals surface area contributed by atoms with Gasteiger partial charge in [0.05, 0.1) is 24.8 Å². The molecule has 188 valence electrons. The van der Waals surface area contributed by atoms with Gasteiger partial charge >= 0.3 is 0 Å².